The Bertz CT molecular complexity index is 603. The first-order chi connectivity index (χ1) is 12.4. The number of carbonyl (C=O) groups is 2. The van der Waals surface area contributed by atoms with Gasteiger partial charge in [-0.3, -0.25) is 9.59 Å². The SMILES string of the molecule is NC(CC(=O)O)Cc1ccccc1.NC(CC(=O)O)Cc1ccccc1. The van der Waals surface area contributed by atoms with Crippen molar-refractivity contribution >= 4 is 11.9 Å². The van der Waals surface area contributed by atoms with Gasteiger partial charge in [0, 0.05) is 12.1 Å². The first kappa shape index (κ1) is 21.3. The van der Waals surface area contributed by atoms with Crippen molar-refractivity contribution in [1.82, 2.24) is 0 Å². The summed E-state index contributed by atoms with van der Waals surface area (Å²) < 4.78 is 0. The number of benzene rings is 2. The highest BCUT2D eigenvalue weighted by molar-refractivity contribution is 5.67. The summed E-state index contributed by atoms with van der Waals surface area (Å²) in [5.41, 5.74) is 13.4. The fourth-order valence-corrected chi connectivity index (χ4v) is 2.43. The van der Waals surface area contributed by atoms with E-state index in [1.54, 1.807) is 0 Å². The summed E-state index contributed by atoms with van der Waals surface area (Å²) in [7, 11) is 0. The molecule has 0 aliphatic heterocycles. The van der Waals surface area contributed by atoms with Crippen molar-refractivity contribution in [3.8, 4) is 0 Å². The van der Waals surface area contributed by atoms with Crippen molar-refractivity contribution in [2.24, 2.45) is 11.5 Å². The number of nitrogens with two attached hydrogens (primary N) is 2. The van der Waals surface area contributed by atoms with E-state index in [1.165, 1.54) is 0 Å². The van der Waals surface area contributed by atoms with Crippen LogP contribution in [0.2, 0.25) is 0 Å². The predicted octanol–water partition coefficient (Wildman–Crippen LogP) is 2.06. The van der Waals surface area contributed by atoms with Gasteiger partial charge in [-0.05, 0) is 24.0 Å². The Morgan fingerprint density at radius 2 is 1.00 bits per heavy atom. The third-order valence-corrected chi connectivity index (χ3v) is 3.56. The normalized spacial score (nSPS) is 12.4. The molecule has 0 bridgehead atoms. The molecule has 0 heterocycles. The molecule has 6 N–H and O–H groups in total. The fraction of sp³-hybridized carbons (Fsp3) is 0.300. The number of rotatable bonds is 8. The molecule has 0 radical (unpaired) electrons. The molecule has 2 atom stereocenters. The Morgan fingerprint density at radius 1 is 0.692 bits per heavy atom. The van der Waals surface area contributed by atoms with E-state index in [9.17, 15) is 9.59 Å². The number of hydrogen-bond donors (Lipinski definition) is 4. The monoisotopic (exact) mass is 358 g/mol. The number of carboxylic acid groups (broad SMARTS) is 2. The molecule has 0 amide bonds. The van der Waals surface area contributed by atoms with Crippen LogP contribution < -0.4 is 11.5 Å². The highest BCUT2D eigenvalue weighted by Crippen LogP contribution is 2.04. The van der Waals surface area contributed by atoms with Crippen LogP contribution in [0.25, 0.3) is 0 Å². The maximum absolute atomic E-state index is 10.3. The average Bonchev–Trinajstić information content (AvgIpc) is 2.55. The lowest BCUT2D eigenvalue weighted by Crippen LogP contribution is -2.26. The molecule has 2 aromatic rings. The van der Waals surface area contributed by atoms with E-state index in [4.69, 9.17) is 21.7 Å². The molecule has 0 aliphatic rings. The van der Waals surface area contributed by atoms with E-state index in [0.29, 0.717) is 12.8 Å². The summed E-state index contributed by atoms with van der Waals surface area (Å²) in [5.74, 6) is -1.69. The average molecular weight is 358 g/mol. The summed E-state index contributed by atoms with van der Waals surface area (Å²) in [4.78, 5) is 20.6. The Kier molecular flexibility index (Phi) is 9.67. The third kappa shape index (κ3) is 10.2. The lowest BCUT2D eigenvalue weighted by Gasteiger charge is -2.07. The zero-order chi connectivity index (χ0) is 19.4. The highest BCUT2D eigenvalue weighted by Gasteiger charge is 2.08. The minimum absolute atomic E-state index is 0.0227. The summed E-state index contributed by atoms with van der Waals surface area (Å²) in [5, 5.41) is 17.0. The van der Waals surface area contributed by atoms with E-state index >= 15 is 0 Å². The molecule has 140 valence electrons. The molecule has 2 unspecified atom stereocenters. The topological polar surface area (TPSA) is 127 Å². The van der Waals surface area contributed by atoms with Crippen molar-refractivity contribution < 1.29 is 19.8 Å². The van der Waals surface area contributed by atoms with Crippen LogP contribution >= 0.6 is 0 Å². The maximum Gasteiger partial charge on any atom is 0.304 e. The molecule has 0 aliphatic carbocycles. The van der Waals surface area contributed by atoms with Gasteiger partial charge in [-0.25, -0.2) is 0 Å². The van der Waals surface area contributed by atoms with Crippen molar-refractivity contribution in [1.29, 1.82) is 0 Å². The summed E-state index contributed by atoms with van der Waals surface area (Å²) in [6.45, 7) is 0. The van der Waals surface area contributed by atoms with Gasteiger partial charge in [0.15, 0.2) is 0 Å². The molecule has 0 saturated heterocycles. The lowest BCUT2D eigenvalue weighted by atomic mass is 10.0. The van der Waals surface area contributed by atoms with Crippen molar-refractivity contribution in [3.63, 3.8) is 0 Å². The molecule has 0 fully saturated rings. The third-order valence-electron chi connectivity index (χ3n) is 3.56. The second kappa shape index (κ2) is 11.8. The molecule has 6 heteroatoms. The van der Waals surface area contributed by atoms with Gasteiger partial charge in [-0.15, -0.1) is 0 Å². The number of aliphatic carboxylic acids is 2. The van der Waals surface area contributed by atoms with Crippen molar-refractivity contribution in [3.05, 3.63) is 71.8 Å². The van der Waals surface area contributed by atoms with Gasteiger partial charge < -0.3 is 21.7 Å². The van der Waals surface area contributed by atoms with Crippen LogP contribution in [0, 0.1) is 0 Å². The van der Waals surface area contributed by atoms with E-state index in [0.717, 1.165) is 11.1 Å². The Hall–Kier alpha value is -2.70. The predicted molar refractivity (Wildman–Crippen MR) is 101 cm³/mol. The zero-order valence-electron chi connectivity index (χ0n) is 14.6. The van der Waals surface area contributed by atoms with E-state index in [-0.39, 0.29) is 24.9 Å². The first-order valence-electron chi connectivity index (χ1n) is 8.39. The lowest BCUT2D eigenvalue weighted by molar-refractivity contribution is -0.138. The van der Waals surface area contributed by atoms with Gasteiger partial charge in [0.2, 0.25) is 0 Å². The van der Waals surface area contributed by atoms with E-state index in [2.05, 4.69) is 0 Å². The molecule has 2 aromatic carbocycles. The number of hydrogen-bond acceptors (Lipinski definition) is 4. The zero-order valence-corrected chi connectivity index (χ0v) is 14.6. The molecule has 6 nitrogen and oxygen atoms in total. The molecule has 2 rings (SSSR count). The smallest absolute Gasteiger partial charge is 0.304 e. The van der Waals surface area contributed by atoms with Gasteiger partial charge >= 0.3 is 11.9 Å². The van der Waals surface area contributed by atoms with Gasteiger partial charge in [-0.2, -0.15) is 0 Å². The van der Waals surface area contributed by atoms with Crippen molar-refractivity contribution in [2.75, 3.05) is 0 Å². The highest BCUT2D eigenvalue weighted by atomic mass is 16.4. The Morgan fingerprint density at radius 3 is 1.27 bits per heavy atom. The molecular formula is C20H26N2O4. The van der Waals surface area contributed by atoms with Crippen LogP contribution in [0.4, 0.5) is 0 Å². The van der Waals surface area contributed by atoms with Crippen LogP contribution in [0.3, 0.4) is 0 Å². The van der Waals surface area contributed by atoms with Crippen molar-refractivity contribution in [2.45, 2.75) is 37.8 Å². The molecule has 0 aromatic heterocycles. The quantitative estimate of drug-likeness (QED) is 0.572. The molecular weight excluding hydrogens is 332 g/mol. The maximum atomic E-state index is 10.3. The van der Waals surface area contributed by atoms with E-state index in [1.807, 2.05) is 60.7 Å². The van der Waals surface area contributed by atoms with E-state index < -0.39 is 11.9 Å². The van der Waals surface area contributed by atoms with Gasteiger partial charge in [0.25, 0.3) is 0 Å². The molecule has 0 saturated carbocycles. The summed E-state index contributed by atoms with van der Waals surface area (Å²) in [6, 6.07) is 18.7. The van der Waals surface area contributed by atoms with Crippen LogP contribution in [-0.2, 0) is 22.4 Å². The largest absolute Gasteiger partial charge is 0.481 e. The first-order valence-corrected chi connectivity index (χ1v) is 8.39. The Labute approximate surface area is 153 Å². The number of carboxylic acids is 2. The van der Waals surface area contributed by atoms with Crippen LogP contribution in [-0.4, -0.2) is 34.2 Å². The second-order valence-electron chi connectivity index (χ2n) is 6.10. The minimum Gasteiger partial charge on any atom is -0.481 e. The van der Waals surface area contributed by atoms with Crippen LogP contribution in [0.15, 0.2) is 60.7 Å². The summed E-state index contributed by atoms with van der Waals surface area (Å²) in [6.07, 6.45) is 1.28. The Balaban J connectivity index is 0.000000260. The van der Waals surface area contributed by atoms with Gasteiger partial charge in [0.1, 0.15) is 0 Å². The fourth-order valence-electron chi connectivity index (χ4n) is 2.43. The molecule has 0 spiro atoms. The summed E-state index contributed by atoms with van der Waals surface area (Å²) >= 11 is 0. The minimum atomic E-state index is -0.844. The van der Waals surface area contributed by atoms with Crippen LogP contribution in [0.1, 0.15) is 24.0 Å². The van der Waals surface area contributed by atoms with Crippen LogP contribution in [0.5, 0.6) is 0 Å². The standard InChI is InChI=1S/2C10H13NO2/c2*11-9(7-10(12)13)6-8-4-2-1-3-5-8/h2*1-5,9H,6-7,11H2,(H,12,13). The van der Waals surface area contributed by atoms with Gasteiger partial charge in [0.05, 0.1) is 12.8 Å². The van der Waals surface area contributed by atoms with Gasteiger partial charge in [-0.1, -0.05) is 60.7 Å². The molecule has 26 heavy (non-hydrogen) atoms. The second-order valence-corrected chi connectivity index (χ2v) is 6.10.